The summed E-state index contributed by atoms with van der Waals surface area (Å²) in [4.78, 5) is 4.01. The number of nitrogens with one attached hydrogen (secondary N) is 2. The number of aliphatic hydroxyl groups is 1. The van der Waals surface area contributed by atoms with Gasteiger partial charge in [-0.15, -0.1) is 6.58 Å². The first-order valence-electron chi connectivity index (χ1n) is 5.42. The van der Waals surface area contributed by atoms with Gasteiger partial charge in [0, 0.05) is 13.6 Å². The Morgan fingerprint density at radius 3 is 2.94 bits per heavy atom. The summed E-state index contributed by atoms with van der Waals surface area (Å²) in [6.45, 7) is 6.20. The fourth-order valence-electron chi connectivity index (χ4n) is 1.32. The Kier molecular flexibility index (Phi) is 4.78. The minimum atomic E-state index is -1.07. The van der Waals surface area contributed by atoms with E-state index in [4.69, 9.17) is 4.42 Å². The van der Waals surface area contributed by atoms with Gasteiger partial charge in [0.05, 0.1) is 12.8 Å². The molecule has 0 aliphatic rings. The standard InChI is InChI=1S/C12H19N3O2/c1-4-7-14-11(13-3)15-9-12(2,16)10-6-5-8-17-10/h4-6,8,16H,1,7,9H2,2-3H3,(H2,13,14,15). The van der Waals surface area contributed by atoms with E-state index in [1.54, 1.807) is 32.2 Å². The zero-order valence-electron chi connectivity index (χ0n) is 10.2. The predicted octanol–water partition coefficient (Wildman–Crippen LogP) is 0.838. The lowest BCUT2D eigenvalue weighted by Gasteiger charge is -2.22. The minimum Gasteiger partial charge on any atom is -0.466 e. The van der Waals surface area contributed by atoms with E-state index in [-0.39, 0.29) is 0 Å². The highest BCUT2D eigenvalue weighted by Crippen LogP contribution is 2.19. The highest BCUT2D eigenvalue weighted by Gasteiger charge is 2.26. The van der Waals surface area contributed by atoms with Crippen LogP contribution in [0, 0.1) is 0 Å². The molecular formula is C12H19N3O2. The second-order valence-electron chi connectivity index (χ2n) is 3.85. The first kappa shape index (κ1) is 13.3. The van der Waals surface area contributed by atoms with Crippen LogP contribution in [0.25, 0.3) is 0 Å². The molecule has 5 nitrogen and oxygen atoms in total. The monoisotopic (exact) mass is 237 g/mol. The molecule has 1 aromatic rings. The quantitative estimate of drug-likeness (QED) is 0.403. The molecule has 0 bridgehead atoms. The van der Waals surface area contributed by atoms with Crippen molar-refractivity contribution in [2.45, 2.75) is 12.5 Å². The third-order valence-corrected chi connectivity index (χ3v) is 2.29. The molecule has 94 valence electrons. The van der Waals surface area contributed by atoms with Gasteiger partial charge in [0.25, 0.3) is 0 Å². The van der Waals surface area contributed by atoms with Crippen molar-refractivity contribution in [2.75, 3.05) is 20.1 Å². The van der Waals surface area contributed by atoms with Crippen molar-refractivity contribution < 1.29 is 9.52 Å². The molecule has 0 fully saturated rings. The summed E-state index contributed by atoms with van der Waals surface area (Å²) in [6, 6.07) is 3.48. The molecule has 0 radical (unpaired) electrons. The molecule has 0 aliphatic carbocycles. The fourth-order valence-corrected chi connectivity index (χ4v) is 1.32. The number of rotatable bonds is 5. The second-order valence-corrected chi connectivity index (χ2v) is 3.85. The van der Waals surface area contributed by atoms with Gasteiger partial charge in [-0.05, 0) is 19.1 Å². The lowest BCUT2D eigenvalue weighted by atomic mass is 10.0. The van der Waals surface area contributed by atoms with Crippen molar-refractivity contribution in [1.29, 1.82) is 0 Å². The molecule has 1 atom stereocenters. The lowest BCUT2D eigenvalue weighted by Crippen LogP contribution is -2.44. The molecular weight excluding hydrogens is 218 g/mol. The van der Waals surface area contributed by atoms with E-state index >= 15 is 0 Å². The number of hydrogen-bond donors (Lipinski definition) is 3. The van der Waals surface area contributed by atoms with E-state index in [0.29, 0.717) is 24.8 Å². The fraction of sp³-hybridized carbons (Fsp3) is 0.417. The zero-order valence-corrected chi connectivity index (χ0v) is 10.2. The van der Waals surface area contributed by atoms with E-state index in [9.17, 15) is 5.11 Å². The van der Waals surface area contributed by atoms with E-state index in [2.05, 4.69) is 22.2 Å². The second kappa shape index (κ2) is 6.10. The average molecular weight is 237 g/mol. The predicted molar refractivity (Wildman–Crippen MR) is 67.8 cm³/mol. The molecule has 0 saturated carbocycles. The van der Waals surface area contributed by atoms with E-state index < -0.39 is 5.60 Å². The SMILES string of the molecule is C=CCNC(=NC)NCC(C)(O)c1ccco1. The van der Waals surface area contributed by atoms with Gasteiger partial charge in [-0.2, -0.15) is 0 Å². The molecule has 0 spiro atoms. The maximum Gasteiger partial charge on any atom is 0.191 e. The summed E-state index contributed by atoms with van der Waals surface area (Å²) in [5.74, 6) is 1.13. The number of nitrogens with zero attached hydrogens (tertiary/aromatic N) is 1. The normalized spacial score (nSPS) is 15.1. The highest BCUT2D eigenvalue weighted by atomic mass is 16.4. The van der Waals surface area contributed by atoms with Crippen LogP contribution in [-0.4, -0.2) is 31.2 Å². The Morgan fingerprint density at radius 1 is 1.65 bits per heavy atom. The van der Waals surface area contributed by atoms with Crippen LogP contribution in [0.3, 0.4) is 0 Å². The van der Waals surface area contributed by atoms with Crippen molar-refractivity contribution in [1.82, 2.24) is 10.6 Å². The van der Waals surface area contributed by atoms with Crippen LogP contribution in [-0.2, 0) is 5.60 Å². The van der Waals surface area contributed by atoms with Crippen molar-refractivity contribution in [3.05, 3.63) is 36.8 Å². The topological polar surface area (TPSA) is 69.8 Å². The Morgan fingerprint density at radius 2 is 2.41 bits per heavy atom. The molecule has 17 heavy (non-hydrogen) atoms. The highest BCUT2D eigenvalue weighted by molar-refractivity contribution is 5.79. The first-order valence-corrected chi connectivity index (χ1v) is 5.42. The van der Waals surface area contributed by atoms with Crippen molar-refractivity contribution >= 4 is 5.96 Å². The Labute approximate surface area is 101 Å². The van der Waals surface area contributed by atoms with Crippen molar-refractivity contribution in [3.63, 3.8) is 0 Å². The van der Waals surface area contributed by atoms with Gasteiger partial charge in [0.15, 0.2) is 5.96 Å². The smallest absolute Gasteiger partial charge is 0.191 e. The summed E-state index contributed by atoms with van der Waals surface area (Å²) in [7, 11) is 1.67. The number of guanidine groups is 1. The van der Waals surface area contributed by atoms with Crippen LogP contribution in [0.1, 0.15) is 12.7 Å². The van der Waals surface area contributed by atoms with Gasteiger partial charge in [0.1, 0.15) is 11.4 Å². The largest absolute Gasteiger partial charge is 0.466 e. The third kappa shape index (κ3) is 3.96. The van der Waals surface area contributed by atoms with Crippen LogP contribution in [0.5, 0.6) is 0 Å². The number of aliphatic imine (C=N–C) groups is 1. The van der Waals surface area contributed by atoms with Gasteiger partial charge < -0.3 is 20.2 Å². The summed E-state index contributed by atoms with van der Waals surface area (Å²) in [5.41, 5.74) is -1.07. The lowest BCUT2D eigenvalue weighted by molar-refractivity contribution is 0.0386. The molecule has 0 amide bonds. The van der Waals surface area contributed by atoms with Crippen LogP contribution in [0.2, 0.25) is 0 Å². The third-order valence-electron chi connectivity index (χ3n) is 2.29. The Hall–Kier alpha value is -1.75. The van der Waals surface area contributed by atoms with E-state index in [1.807, 2.05) is 0 Å². The minimum absolute atomic E-state index is 0.303. The van der Waals surface area contributed by atoms with Gasteiger partial charge in [-0.3, -0.25) is 4.99 Å². The maximum atomic E-state index is 10.2. The summed E-state index contributed by atoms with van der Waals surface area (Å²) < 4.78 is 5.18. The van der Waals surface area contributed by atoms with Gasteiger partial charge >= 0.3 is 0 Å². The van der Waals surface area contributed by atoms with E-state index in [0.717, 1.165) is 0 Å². The summed E-state index contributed by atoms with van der Waals surface area (Å²) >= 11 is 0. The average Bonchev–Trinajstić information content (AvgIpc) is 2.83. The molecule has 1 aromatic heterocycles. The van der Waals surface area contributed by atoms with Crippen LogP contribution in [0.4, 0.5) is 0 Å². The van der Waals surface area contributed by atoms with Crippen molar-refractivity contribution in [3.8, 4) is 0 Å². The molecule has 1 rings (SSSR count). The molecule has 0 saturated heterocycles. The number of furan rings is 1. The van der Waals surface area contributed by atoms with Crippen molar-refractivity contribution in [2.24, 2.45) is 4.99 Å². The van der Waals surface area contributed by atoms with Crippen LogP contribution in [0.15, 0.2) is 40.5 Å². The zero-order chi connectivity index (χ0) is 12.7. The first-order chi connectivity index (χ1) is 8.10. The molecule has 5 heteroatoms. The number of hydrogen-bond acceptors (Lipinski definition) is 3. The molecule has 0 aliphatic heterocycles. The molecule has 1 unspecified atom stereocenters. The Balaban J connectivity index is 2.51. The van der Waals surface area contributed by atoms with Crippen LogP contribution < -0.4 is 10.6 Å². The van der Waals surface area contributed by atoms with Gasteiger partial charge in [-0.25, -0.2) is 0 Å². The summed E-state index contributed by atoms with van der Waals surface area (Å²) in [6.07, 6.45) is 3.27. The molecule has 0 aromatic carbocycles. The molecule has 1 heterocycles. The molecule has 3 N–H and O–H groups in total. The van der Waals surface area contributed by atoms with Crippen LogP contribution >= 0.6 is 0 Å². The Bertz CT molecular complexity index is 369. The van der Waals surface area contributed by atoms with Gasteiger partial charge in [0.2, 0.25) is 0 Å². The van der Waals surface area contributed by atoms with E-state index in [1.165, 1.54) is 6.26 Å². The maximum absolute atomic E-state index is 10.2. The van der Waals surface area contributed by atoms with Gasteiger partial charge in [-0.1, -0.05) is 6.08 Å². The summed E-state index contributed by atoms with van der Waals surface area (Å²) in [5, 5.41) is 16.2.